The Hall–Kier alpha value is -1.08. The average Bonchev–Trinajstić information content (AvgIpc) is 2.25. The highest BCUT2D eigenvalue weighted by molar-refractivity contribution is 8.17. The van der Waals surface area contributed by atoms with Gasteiger partial charge in [-0.3, -0.25) is 0 Å². The molecule has 1 N–H and O–H groups in total. The van der Waals surface area contributed by atoms with Crippen LogP contribution in [0.2, 0.25) is 0 Å². The molecule has 96 valence electrons. The summed E-state index contributed by atoms with van der Waals surface area (Å²) in [5, 5.41) is 8.97. The fourth-order valence-electron chi connectivity index (χ4n) is 1.49. The zero-order valence-corrected chi connectivity index (χ0v) is 10.4. The second-order valence-corrected chi connectivity index (χ2v) is 6.07. The van der Waals surface area contributed by atoms with Gasteiger partial charge >= 0.3 is 11.5 Å². The van der Waals surface area contributed by atoms with Crippen LogP contribution in [0.4, 0.5) is 13.2 Å². The van der Waals surface area contributed by atoms with Crippen molar-refractivity contribution in [3.05, 3.63) is 35.4 Å². The van der Waals surface area contributed by atoms with Crippen molar-refractivity contribution in [3.63, 3.8) is 0 Å². The first-order valence-electron chi connectivity index (χ1n) is 4.82. The van der Waals surface area contributed by atoms with Gasteiger partial charge in [-0.05, 0) is 29.5 Å². The van der Waals surface area contributed by atoms with Crippen LogP contribution in [0, 0.1) is 0 Å². The summed E-state index contributed by atoms with van der Waals surface area (Å²) >= 11 is 0.606. The van der Waals surface area contributed by atoms with Crippen LogP contribution in [0.5, 0.6) is 0 Å². The molecule has 1 heterocycles. The lowest BCUT2D eigenvalue weighted by atomic mass is 10.1. The molecule has 18 heavy (non-hydrogen) atoms. The maximum atomic E-state index is 12.4. The van der Waals surface area contributed by atoms with Crippen LogP contribution < -0.4 is 0 Å². The normalized spacial score (nSPS) is 19.1. The fourth-order valence-corrected chi connectivity index (χ4v) is 3.81. The van der Waals surface area contributed by atoms with Crippen LogP contribution in [0.25, 0.3) is 6.08 Å². The van der Waals surface area contributed by atoms with E-state index in [1.807, 2.05) is 0 Å². The number of carboxylic acids is 1. The number of thioether (sulfide) groups is 2. The topological polar surface area (TPSA) is 37.3 Å². The van der Waals surface area contributed by atoms with Crippen LogP contribution in [0.3, 0.4) is 0 Å². The summed E-state index contributed by atoms with van der Waals surface area (Å²) in [7, 11) is 0. The number of benzene rings is 1. The Morgan fingerprint density at radius 2 is 2.00 bits per heavy atom. The van der Waals surface area contributed by atoms with Gasteiger partial charge in [0, 0.05) is 4.90 Å². The largest absolute Gasteiger partial charge is 0.478 e. The number of alkyl halides is 3. The molecular weight excluding hydrogens is 285 g/mol. The molecule has 1 unspecified atom stereocenters. The molecule has 0 saturated heterocycles. The highest BCUT2D eigenvalue weighted by Crippen LogP contribution is 2.48. The zero-order valence-electron chi connectivity index (χ0n) is 8.77. The quantitative estimate of drug-likeness (QED) is 0.898. The Balaban J connectivity index is 2.36. The molecule has 1 aromatic carbocycles. The second-order valence-electron chi connectivity index (χ2n) is 3.46. The number of carbonyl (C=O) groups is 1. The van der Waals surface area contributed by atoms with Crippen LogP contribution >= 0.6 is 23.5 Å². The van der Waals surface area contributed by atoms with Gasteiger partial charge in [0.15, 0.2) is 0 Å². The smallest absolute Gasteiger partial charge is 0.443 e. The van der Waals surface area contributed by atoms with Crippen LogP contribution in [-0.2, 0) is 4.79 Å². The molecule has 1 aliphatic rings. The molecule has 0 aliphatic carbocycles. The molecular formula is C11H7F3O2S2. The molecule has 7 heteroatoms. The zero-order chi connectivity index (χ0) is 13.3. The lowest BCUT2D eigenvalue weighted by Gasteiger charge is -2.23. The van der Waals surface area contributed by atoms with E-state index >= 15 is 0 Å². The van der Waals surface area contributed by atoms with Gasteiger partial charge in [0.05, 0.1) is 10.2 Å². The number of fused-ring (bicyclic) bond motifs is 1. The maximum Gasteiger partial charge on any atom is 0.443 e. The van der Waals surface area contributed by atoms with E-state index in [2.05, 4.69) is 0 Å². The molecule has 1 atom stereocenters. The van der Waals surface area contributed by atoms with Crippen molar-refractivity contribution < 1.29 is 23.1 Å². The van der Waals surface area contributed by atoms with Gasteiger partial charge in [0.25, 0.3) is 0 Å². The van der Waals surface area contributed by atoms with Gasteiger partial charge in [0.2, 0.25) is 0 Å². The van der Waals surface area contributed by atoms with Crippen molar-refractivity contribution in [2.45, 2.75) is 15.0 Å². The minimum atomic E-state index is -4.46. The molecule has 2 rings (SSSR count). The van der Waals surface area contributed by atoms with Crippen LogP contribution in [0.1, 0.15) is 5.56 Å². The molecule has 0 bridgehead atoms. The molecule has 2 nitrogen and oxygen atoms in total. The van der Waals surface area contributed by atoms with Crippen molar-refractivity contribution in [1.29, 1.82) is 0 Å². The molecule has 1 aromatic rings. The third-order valence-corrected chi connectivity index (χ3v) is 4.61. The van der Waals surface area contributed by atoms with Crippen LogP contribution in [-0.4, -0.2) is 21.2 Å². The minimum Gasteiger partial charge on any atom is -0.478 e. The summed E-state index contributed by atoms with van der Waals surface area (Å²) in [5.74, 6) is -1.32. The third-order valence-electron chi connectivity index (χ3n) is 2.21. The lowest BCUT2D eigenvalue weighted by Crippen LogP contribution is -2.19. The summed E-state index contributed by atoms with van der Waals surface area (Å²) in [6.45, 7) is 0. The van der Waals surface area contributed by atoms with Gasteiger partial charge in [-0.15, -0.1) is 11.8 Å². The minimum absolute atomic E-state index is 0.235. The van der Waals surface area contributed by atoms with Crippen molar-refractivity contribution >= 4 is 35.6 Å². The van der Waals surface area contributed by atoms with E-state index in [0.717, 1.165) is 11.8 Å². The molecule has 0 radical (unpaired) electrons. The highest BCUT2D eigenvalue weighted by atomic mass is 32.2. The molecule has 0 spiro atoms. The Labute approximate surface area is 109 Å². The number of aliphatic carboxylic acids is 1. The fraction of sp³-hybridized carbons (Fsp3) is 0.182. The van der Waals surface area contributed by atoms with E-state index in [0.29, 0.717) is 10.5 Å². The number of hydrogen-bond donors (Lipinski definition) is 1. The van der Waals surface area contributed by atoms with Gasteiger partial charge in [-0.2, -0.15) is 13.2 Å². The summed E-state index contributed by atoms with van der Waals surface area (Å²) in [6, 6.07) is 6.78. The number of halogens is 3. The summed E-state index contributed by atoms with van der Waals surface area (Å²) in [5.41, 5.74) is -4.06. The summed E-state index contributed by atoms with van der Waals surface area (Å²) < 4.78 is 36.0. The highest BCUT2D eigenvalue weighted by Gasteiger charge is 2.38. The van der Waals surface area contributed by atoms with E-state index in [1.165, 1.54) is 6.08 Å². The van der Waals surface area contributed by atoms with Crippen molar-refractivity contribution in [1.82, 2.24) is 0 Å². The first-order valence-corrected chi connectivity index (χ1v) is 6.58. The van der Waals surface area contributed by atoms with Gasteiger partial charge in [0.1, 0.15) is 0 Å². The third kappa shape index (κ3) is 3.02. The van der Waals surface area contributed by atoms with Crippen molar-refractivity contribution in [2.24, 2.45) is 0 Å². The van der Waals surface area contributed by atoms with E-state index in [1.54, 1.807) is 24.3 Å². The monoisotopic (exact) mass is 292 g/mol. The standard InChI is InChI=1S/C11H7F3O2S2/c12-11(13,14)18-10-7(9(15)16)5-6-3-1-2-4-8(6)17-10/h1-5,10H,(H,15,16). The molecule has 0 amide bonds. The molecule has 0 fully saturated rings. The second kappa shape index (κ2) is 4.89. The Morgan fingerprint density at radius 1 is 1.33 bits per heavy atom. The predicted octanol–water partition coefficient (Wildman–Crippen LogP) is 3.84. The maximum absolute atomic E-state index is 12.4. The Kier molecular flexibility index (Phi) is 3.63. The van der Waals surface area contributed by atoms with E-state index in [4.69, 9.17) is 5.11 Å². The van der Waals surface area contributed by atoms with Crippen LogP contribution in [0.15, 0.2) is 34.7 Å². The molecule has 0 saturated carbocycles. The summed E-state index contributed by atoms with van der Waals surface area (Å²) in [4.78, 5) is 11.7. The number of rotatable bonds is 2. The van der Waals surface area contributed by atoms with Crippen molar-refractivity contribution in [3.8, 4) is 0 Å². The van der Waals surface area contributed by atoms with Crippen molar-refractivity contribution in [2.75, 3.05) is 0 Å². The number of hydrogen-bond acceptors (Lipinski definition) is 3. The number of carboxylic acid groups (broad SMARTS) is 1. The van der Waals surface area contributed by atoms with E-state index in [-0.39, 0.29) is 17.3 Å². The van der Waals surface area contributed by atoms with Gasteiger partial charge in [-0.1, -0.05) is 18.2 Å². The van der Waals surface area contributed by atoms with E-state index < -0.39 is 16.1 Å². The molecule has 0 aromatic heterocycles. The predicted molar refractivity (Wildman–Crippen MR) is 65.3 cm³/mol. The lowest BCUT2D eigenvalue weighted by molar-refractivity contribution is -0.132. The SMILES string of the molecule is O=C(O)C1=Cc2ccccc2SC1SC(F)(F)F. The summed E-state index contributed by atoms with van der Waals surface area (Å²) in [6.07, 6.45) is 1.30. The average molecular weight is 292 g/mol. The Morgan fingerprint density at radius 3 is 2.61 bits per heavy atom. The van der Waals surface area contributed by atoms with Gasteiger partial charge in [-0.25, -0.2) is 4.79 Å². The van der Waals surface area contributed by atoms with Gasteiger partial charge < -0.3 is 5.11 Å². The first kappa shape index (κ1) is 13.4. The Bertz CT molecular complexity index is 511. The first-order chi connectivity index (χ1) is 8.37. The molecule has 1 aliphatic heterocycles. The van der Waals surface area contributed by atoms with E-state index in [9.17, 15) is 18.0 Å².